The number of likely N-dealkylation sites (tertiary alicyclic amines) is 1. The quantitative estimate of drug-likeness (QED) is 0.128. The Balaban J connectivity index is 0.000000730. The zero-order valence-electron chi connectivity index (χ0n) is 29.0. The van der Waals surface area contributed by atoms with E-state index in [0.29, 0.717) is 23.6 Å². The second kappa shape index (κ2) is 16.5. The number of nitriles is 1. The van der Waals surface area contributed by atoms with Crippen molar-refractivity contribution in [2.24, 2.45) is 0 Å². The molecule has 1 fully saturated rings. The lowest BCUT2D eigenvalue weighted by Crippen LogP contribution is -2.40. The van der Waals surface area contributed by atoms with E-state index in [0.717, 1.165) is 49.4 Å². The molecule has 0 radical (unpaired) electrons. The molecule has 5 aromatic rings. The number of ether oxygens (including phenoxy) is 2. The highest BCUT2D eigenvalue weighted by Crippen LogP contribution is 2.46. The maximum atomic E-state index is 16.9. The number of anilines is 3. The minimum atomic E-state index is -5.08. The number of fused-ring (bicyclic) bond motifs is 2. The van der Waals surface area contributed by atoms with Crippen LogP contribution < -0.4 is 21.1 Å². The van der Waals surface area contributed by atoms with Crippen LogP contribution in [-0.4, -0.2) is 83.6 Å². The molecule has 0 spiro atoms. The lowest BCUT2D eigenvalue weighted by molar-refractivity contribution is -0.192. The first-order chi connectivity index (χ1) is 25.6. The van der Waals surface area contributed by atoms with E-state index in [1.807, 2.05) is 31.0 Å². The van der Waals surface area contributed by atoms with Gasteiger partial charge in [-0.2, -0.15) is 28.4 Å². The van der Waals surface area contributed by atoms with E-state index >= 15 is 4.39 Å². The van der Waals surface area contributed by atoms with Crippen molar-refractivity contribution < 1.29 is 41.3 Å². The number of aliphatic carboxylic acids is 1. The van der Waals surface area contributed by atoms with Crippen LogP contribution in [0.2, 0.25) is 5.02 Å². The molecule has 12 nitrogen and oxygen atoms in total. The number of nitrogen functional groups attached to an aromatic ring is 2. The van der Waals surface area contributed by atoms with E-state index in [2.05, 4.69) is 14.9 Å². The number of methoxy groups -OCH3 is 1. The summed E-state index contributed by atoms with van der Waals surface area (Å²) in [4.78, 5) is 26.6. The van der Waals surface area contributed by atoms with Gasteiger partial charge in [-0.3, -0.25) is 0 Å². The fourth-order valence-electron chi connectivity index (χ4n) is 6.03. The van der Waals surface area contributed by atoms with Crippen molar-refractivity contribution in [3.8, 4) is 23.2 Å². The summed E-state index contributed by atoms with van der Waals surface area (Å²) >= 11 is 7.76. The SMILES string of the molecule is COCCN1CCC(Oc2nc(N(C)[C@H](C)c3cccnc3N)c3cc(Cl)c(-c4ccc(F)c5sc(N)c(C#N)c45)c(F)c3n2)CC1.O=C(O)C(F)(F)F. The highest BCUT2D eigenvalue weighted by atomic mass is 35.5. The molecular formula is C35H34ClF5N8O4S. The van der Waals surface area contributed by atoms with Crippen LogP contribution in [-0.2, 0) is 9.53 Å². The Bertz CT molecular complexity index is 2230. The van der Waals surface area contributed by atoms with Crippen LogP contribution in [0.15, 0.2) is 36.5 Å². The molecule has 6 rings (SSSR count). The molecule has 0 amide bonds. The lowest BCUT2D eigenvalue weighted by Gasteiger charge is -2.32. The van der Waals surface area contributed by atoms with E-state index in [9.17, 15) is 22.8 Å². The number of halogens is 6. The Kier molecular flexibility index (Phi) is 12.3. The molecule has 1 atom stereocenters. The van der Waals surface area contributed by atoms with Crippen LogP contribution in [0.1, 0.15) is 36.9 Å². The number of pyridine rings is 1. The summed E-state index contributed by atoms with van der Waals surface area (Å²) < 4.78 is 75.2. The number of carboxylic acids is 1. The predicted molar refractivity (Wildman–Crippen MR) is 196 cm³/mol. The largest absolute Gasteiger partial charge is 0.490 e. The van der Waals surface area contributed by atoms with Gasteiger partial charge in [0.1, 0.15) is 40.1 Å². The molecule has 0 saturated carbocycles. The average molecular weight is 793 g/mol. The van der Waals surface area contributed by atoms with Gasteiger partial charge in [0.25, 0.3) is 0 Å². The first-order valence-corrected chi connectivity index (χ1v) is 17.5. The number of carbonyl (C=O) groups is 1. The number of hydrogen-bond acceptors (Lipinski definition) is 12. The van der Waals surface area contributed by atoms with Gasteiger partial charge in [-0.05, 0) is 43.5 Å². The summed E-state index contributed by atoms with van der Waals surface area (Å²) in [6.07, 6.45) is -2.19. The summed E-state index contributed by atoms with van der Waals surface area (Å²) in [6, 6.07) is 9.56. The molecule has 286 valence electrons. The molecule has 0 bridgehead atoms. The minimum Gasteiger partial charge on any atom is -0.475 e. The van der Waals surface area contributed by atoms with Gasteiger partial charge < -0.3 is 35.8 Å². The molecule has 4 heterocycles. The van der Waals surface area contributed by atoms with Crippen molar-refractivity contribution in [2.45, 2.75) is 38.1 Å². The van der Waals surface area contributed by atoms with Gasteiger partial charge in [-0.1, -0.05) is 23.7 Å². The minimum absolute atomic E-state index is 0.00923. The highest BCUT2D eigenvalue weighted by molar-refractivity contribution is 7.23. The number of nitrogens with zero attached hydrogens (tertiary/aromatic N) is 6. The number of piperidine rings is 1. The van der Waals surface area contributed by atoms with Gasteiger partial charge >= 0.3 is 18.2 Å². The zero-order chi connectivity index (χ0) is 39.5. The van der Waals surface area contributed by atoms with E-state index in [-0.39, 0.29) is 60.5 Å². The maximum absolute atomic E-state index is 16.9. The second-order valence-corrected chi connectivity index (χ2v) is 13.7. The van der Waals surface area contributed by atoms with Crippen molar-refractivity contribution in [3.63, 3.8) is 0 Å². The first-order valence-electron chi connectivity index (χ1n) is 16.3. The van der Waals surface area contributed by atoms with Crippen molar-refractivity contribution >= 4 is 66.5 Å². The Labute approximate surface area is 314 Å². The molecule has 19 heteroatoms. The molecule has 1 aliphatic heterocycles. The topological polar surface area (TPSA) is 177 Å². The van der Waals surface area contributed by atoms with Crippen molar-refractivity contribution in [1.29, 1.82) is 5.26 Å². The number of carboxylic acid groups (broad SMARTS) is 1. The van der Waals surface area contributed by atoms with Gasteiger partial charge in [0.15, 0.2) is 5.82 Å². The molecular weight excluding hydrogens is 759 g/mol. The van der Waals surface area contributed by atoms with Gasteiger partial charge in [-0.25, -0.2) is 18.6 Å². The van der Waals surface area contributed by atoms with E-state index in [1.54, 1.807) is 25.4 Å². The first kappa shape index (κ1) is 40.1. The number of alkyl halides is 3. The van der Waals surface area contributed by atoms with E-state index in [4.69, 9.17) is 47.4 Å². The van der Waals surface area contributed by atoms with Crippen molar-refractivity contribution in [2.75, 3.05) is 56.8 Å². The van der Waals surface area contributed by atoms with Crippen LogP contribution in [0.4, 0.5) is 38.6 Å². The number of hydrogen-bond donors (Lipinski definition) is 3. The van der Waals surface area contributed by atoms with Crippen molar-refractivity contribution in [1.82, 2.24) is 19.9 Å². The summed E-state index contributed by atoms with van der Waals surface area (Å²) in [6.45, 7) is 5.03. The summed E-state index contributed by atoms with van der Waals surface area (Å²) in [5.41, 5.74) is 13.2. The fourth-order valence-corrected chi connectivity index (χ4v) is 7.28. The highest BCUT2D eigenvalue weighted by Gasteiger charge is 2.38. The van der Waals surface area contributed by atoms with Gasteiger partial charge in [0, 0.05) is 61.9 Å². The molecule has 0 unspecified atom stereocenters. The molecule has 1 aliphatic rings. The molecule has 54 heavy (non-hydrogen) atoms. The summed E-state index contributed by atoms with van der Waals surface area (Å²) in [5, 5.41) is 17.7. The van der Waals surface area contributed by atoms with E-state index in [1.165, 1.54) is 12.1 Å². The predicted octanol–water partition coefficient (Wildman–Crippen LogP) is 7.19. The van der Waals surface area contributed by atoms with Gasteiger partial charge in [0.05, 0.1) is 27.9 Å². The average Bonchev–Trinajstić information content (AvgIpc) is 3.48. The van der Waals surface area contributed by atoms with Crippen LogP contribution in [0.25, 0.3) is 32.1 Å². The smallest absolute Gasteiger partial charge is 0.475 e. The second-order valence-electron chi connectivity index (χ2n) is 12.2. The zero-order valence-corrected chi connectivity index (χ0v) is 30.6. The van der Waals surface area contributed by atoms with E-state index < -0.39 is 23.8 Å². The standard InChI is InChI=1S/C33H33ClF2N8O2S.C2HF3O2/c1-17(19-5-4-10-40-30(19)38)43(2)32-21-15-23(34)26(20-6-7-24(35)29-25(20)22(16-37)31(39)47-29)27(36)28(21)41-33(42-32)46-18-8-11-44(12-9-18)13-14-45-3;3-2(4,5)1(6)7/h4-7,10,15,17-18H,8-9,11-14,39H2,1-3H3,(H2,38,40);(H,6,7)/t17-;/m1./s1. The Morgan fingerprint density at radius 3 is 2.52 bits per heavy atom. The Hall–Kier alpha value is -5.09. The van der Waals surface area contributed by atoms with Gasteiger partial charge in [0.2, 0.25) is 0 Å². The van der Waals surface area contributed by atoms with Crippen LogP contribution >= 0.6 is 22.9 Å². The fraction of sp³-hybridized carbons (Fsp3) is 0.343. The molecule has 5 N–H and O–H groups in total. The number of rotatable bonds is 9. The van der Waals surface area contributed by atoms with Crippen LogP contribution in [0.3, 0.4) is 0 Å². The molecule has 3 aromatic heterocycles. The lowest BCUT2D eigenvalue weighted by atomic mass is 9.97. The van der Waals surface area contributed by atoms with Gasteiger partial charge in [-0.15, -0.1) is 11.3 Å². The Morgan fingerprint density at radius 1 is 1.22 bits per heavy atom. The van der Waals surface area contributed by atoms with Crippen molar-refractivity contribution in [3.05, 3.63) is 64.3 Å². The number of nitrogens with two attached hydrogens (primary N) is 2. The number of thiophene rings is 1. The number of benzene rings is 2. The molecule has 2 aromatic carbocycles. The summed E-state index contributed by atoms with van der Waals surface area (Å²) in [7, 11) is 3.49. The monoisotopic (exact) mass is 792 g/mol. The third-order valence-corrected chi connectivity index (χ3v) is 10.3. The number of aromatic nitrogens is 3. The summed E-state index contributed by atoms with van der Waals surface area (Å²) in [5.74, 6) is -3.37. The van der Waals surface area contributed by atoms with Crippen LogP contribution in [0.5, 0.6) is 6.01 Å². The maximum Gasteiger partial charge on any atom is 0.490 e. The third kappa shape index (κ3) is 8.34. The molecule has 0 aliphatic carbocycles. The Morgan fingerprint density at radius 2 is 1.91 bits per heavy atom. The molecule has 1 saturated heterocycles. The normalized spacial score (nSPS) is 14.4. The van der Waals surface area contributed by atoms with Crippen LogP contribution in [0, 0.1) is 23.0 Å². The third-order valence-electron chi connectivity index (χ3n) is 8.94.